The van der Waals surface area contributed by atoms with Crippen LogP contribution in [0.25, 0.3) is 5.69 Å². The quantitative estimate of drug-likeness (QED) is 0.503. The highest BCUT2D eigenvalue weighted by molar-refractivity contribution is 5.95. The summed E-state index contributed by atoms with van der Waals surface area (Å²) in [6.07, 6.45) is 4.06. The van der Waals surface area contributed by atoms with E-state index in [1.807, 2.05) is 18.2 Å². The number of hydrogen-bond donors (Lipinski definition) is 2. The second kappa shape index (κ2) is 11.9. The van der Waals surface area contributed by atoms with Crippen molar-refractivity contribution < 1.29 is 18.7 Å². The second-order valence-electron chi connectivity index (χ2n) is 8.04. The van der Waals surface area contributed by atoms with E-state index in [1.165, 1.54) is 12.1 Å². The monoisotopic (exact) mass is 488 g/mol. The van der Waals surface area contributed by atoms with Crippen molar-refractivity contribution in [2.75, 3.05) is 33.9 Å². The van der Waals surface area contributed by atoms with Gasteiger partial charge in [0.2, 0.25) is 0 Å². The summed E-state index contributed by atoms with van der Waals surface area (Å²) in [5, 5.41) is 10.9. The molecule has 9 heteroatoms. The average Bonchev–Trinajstić information content (AvgIpc) is 3.30. The van der Waals surface area contributed by atoms with Gasteiger partial charge in [-0.1, -0.05) is 6.07 Å². The van der Waals surface area contributed by atoms with Gasteiger partial charge < -0.3 is 20.1 Å². The van der Waals surface area contributed by atoms with Crippen LogP contribution in [0.15, 0.2) is 48.7 Å². The van der Waals surface area contributed by atoms with Crippen LogP contribution in [0.3, 0.4) is 0 Å². The number of nitrogens with zero attached hydrogens (tertiary/aromatic N) is 2. The second-order valence-corrected chi connectivity index (χ2v) is 8.04. The molecular weight excluding hydrogens is 459 g/mol. The predicted molar refractivity (Wildman–Crippen MR) is 131 cm³/mol. The molecule has 0 unspecified atom stereocenters. The number of rotatable bonds is 8. The van der Waals surface area contributed by atoms with Gasteiger partial charge in [-0.2, -0.15) is 5.10 Å². The molecule has 0 atom stereocenters. The molecule has 2 aromatic carbocycles. The number of carbonyl (C=O) groups excluding carboxylic acids is 1. The van der Waals surface area contributed by atoms with Gasteiger partial charge in [0.15, 0.2) is 0 Å². The van der Waals surface area contributed by atoms with Crippen molar-refractivity contribution in [3.8, 4) is 17.2 Å². The maximum Gasteiger partial charge on any atom is 0.254 e. The number of methoxy groups -OCH3 is 2. The Balaban J connectivity index is 0.00000324. The van der Waals surface area contributed by atoms with Crippen molar-refractivity contribution in [2.45, 2.75) is 25.2 Å². The molecule has 1 aliphatic rings. The van der Waals surface area contributed by atoms with E-state index in [9.17, 15) is 9.18 Å². The average molecular weight is 489 g/mol. The Morgan fingerprint density at radius 3 is 2.56 bits per heavy atom. The number of nitrogens with one attached hydrogen (secondary N) is 2. The molecule has 0 aliphatic carbocycles. The summed E-state index contributed by atoms with van der Waals surface area (Å²) in [5.41, 5.74) is 3.17. The lowest BCUT2D eigenvalue weighted by Gasteiger charge is -2.24. The molecule has 7 nitrogen and oxygen atoms in total. The standard InChI is InChI=1S/C25H29FN4O3.ClH/c1-32-21-8-3-17(23(15-21)33-2)11-14-28-25(31)22-16-29-30(20-6-4-19(26)5-7-20)24(22)18-9-12-27-13-10-18;/h3-8,15-16,18,27H,9-14H2,1-2H3,(H,28,31);1H. The van der Waals surface area contributed by atoms with E-state index in [4.69, 9.17) is 9.47 Å². The molecule has 1 aliphatic heterocycles. The molecule has 4 rings (SSSR count). The molecule has 34 heavy (non-hydrogen) atoms. The van der Waals surface area contributed by atoms with Crippen LogP contribution in [0.4, 0.5) is 4.39 Å². The maximum absolute atomic E-state index is 13.4. The number of ether oxygens (including phenoxy) is 2. The van der Waals surface area contributed by atoms with Crippen molar-refractivity contribution in [1.82, 2.24) is 20.4 Å². The van der Waals surface area contributed by atoms with Crippen LogP contribution in [0.2, 0.25) is 0 Å². The fraction of sp³-hybridized carbons (Fsp3) is 0.360. The molecule has 1 aromatic heterocycles. The Morgan fingerprint density at radius 2 is 1.88 bits per heavy atom. The van der Waals surface area contributed by atoms with Crippen LogP contribution in [-0.2, 0) is 6.42 Å². The highest BCUT2D eigenvalue weighted by Crippen LogP contribution is 2.30. The third-order valence-corrected chi connectivity index (χ3v) is 6.02. The predicted octanol–water partition coefficient (Wildman–Crippen LogP) is 3.89. The molecule has 182 valence electrons. The number of amides is 1. The molecule has 2 N–H and O–H groups in total. The van der Waals surface area contributed by atoms with Crippen LogP contribution in [-0.4, -0.2) is 49.5 Å². The summed E-state index contributed by atoms with van der Waals surface area (Å²) in [7, 11) is 3.23. The first-order valence-corrected chi connectivity index (χ1v) is 11.1. The fourth-order valence-electron chi connectivity index (χ4n) is 4.27. The zero-order chi connectivity index (χ0) is 23.2. The number of benzene rings is 2. The van der Waals surface area contributed by atoms with Gasteiger partial charge in [-0.05, 0) is 68.2 Å². The van der Waals surface area contributed by atoms with Gasteiger partial charge in [0, 0.05) is 18.5 Å². The highest BCUT2D eigenvalue weighted by atomic mass is 35.5. The summed E-state index contributed by atoms with van der Waals surface area (Å²) < 4.78 is 25.9. The van der Waals surface area contributed by atoms with E-state index < -0.39 is 0 Å². The minimum atomic E-state index is -0.304. The Kier molecular flexibility index (Phi) is 8.90. The minimum absolute atomic E-state index is 0. The van der Waals surface area contributed by atoms with E-state index >= 15 is 0 Å². The smallest absolute Gasteiger partial charge is 0.254 e. The van der Waals surface area contributed by atoms with E-state index in [2.05, 4.69) is 15.7 Å². The van der Waals surface area contributed by atoms with Crippen LogP contribution in [0, 0.1) is 5.82 Å². The van der Waals surface area contributed by atoms with Crippen molar-refractivity contribution >= 4 is 18.3 Å². The van der Waals surface area contributed by atoms with Crippen molar-refractivity contribution in [3.05, 3.63) is 71.3 Å². The van der Waals surface area contributed by atoms with Crippen LogP contribution >= 0.6 is 12.4 Å². The molecule has 1 saturated heterocycles. The van der Waals surface area contributed by atoms with Crippen LogP contribution in [0.1, 0.15) is 40.4 Å². The Labute approximate surface area is 205 Å². The molecular formula is C25H30ClFN4O3. The van der Waals surface area contributed by atoms with Gasteiger partial charge in [0.1, 0.15) is 17.3 Å². The normalized spacial score (nSPS) is 13.7. The number of aromatic nitrogens is 2. The number of piperidine rings is 1. The molecule has 0 spiro atoms. The van der Waals surface area contributed by atoms with Crippen molar-refractivity contribution in [1.29, 1.82) is 0 Å². The Bertz CT molecular complexity index is 1100. The lowest BCUT2D eigenvalue weighted by Crippen LogP contribution is -2.31. The van der Waals surface area contributed by atoms with Crippen LogP contribution < -0.4 is 20.1 Å². The first kappa shape index (κ1) is 25.5. The topological polar surface area (TPSA) is 77.4 Å². The summed E-state index contributed by atoms with van der Waals surface area (Å²) in [6, 6.07) is 11.8. The maximum atomic E-state index is 13.4. The Morgan fingerprint density at radius 1 is 1.15 bits per heavy atom. The fourth-order valence-corrected chi connectivity index (χ4v) is 4.27. The molecule has 0 saturated carbocycles. The van der Waals surface area contributed by atoms with Crippen LogP contribution in [0.5, 0.6) is 11.5 Å². The lowest BCUT2D eigenvalue weighted by molar-refractivity contribution is 0.0952. The number of halogens is 2. The molecule has 1 amide bonds. The first-order valence-electron chi connectivity index (χ1n) is 11.1. The minimum Gasteiger partial charge on any atom is -0.497 e. The van der Waals surface area contributed by atoms with E-state index in [0.717, 1.165) is 54.4 Å². The highest BCUT2D eigenvalue weighted by Gasteiger charge is 2.27. The van der Waals surface area contributed by atoms with E-state index in [0.29, 0.717) is 18.5 Å². The zero-order valence-corrected chi connectivity index (χ0v) is 20.2. The van der Waals surface area contributed by atoms with Gasteiger partial charge in [0.05, 0.1) is 37.4 Å². The number of hydrogen-bond acceptors (Lipinski definition) is 5. The molecule has 0 bridgehead atoms. The SMILES string of the molecule is COc1ccc(CCNC(=O)c2cnn(-c3ccc(F)cc3)c2C2CCNCC2)c(OC)c1.Cl. The molecule has 2 heterocycles. The summed E-state index contributed by atoms with van der Waals surface area (Å²) in [5.74, 6) is 1.18. The molecule has 3 aromatic rings. The molecule has 0 radical (unpaired) electrons. The lowest BCUT2D eigenvalue weighted by atomic mass is 9.91. The largest absolute Gasteiger partial charge is 0.497 e. The van der Waals surface area contributed by atoms with Crippen molar-refractivity contribution in [3.63, 3.8) is 0 Å². The zero-order valence-electron chi connectivity index (χ0n) is 19.3. The van der Waals surface area contributed by atoms with Crippen molar-refractivity contribution in [2.24, 2.45) is 0 Å². The summed E-state index contributed by atoms with van der Waals surface area (Å²) in [6.45, 7) is 2.23. The van der Waals surface area contributed by atoms with Gasteiger partial charge in [0.25, 0.3) is 5.91 Å². The third kappa shape index (κ3) is 5.69. The van der Waals surface area contributed by atoms with E-state index in [-0.39, 0.29) is 30.0 Å². The third-order valence-electron chi connectivity index (χ3n) is 6.02. The number of carbonyl (C=O) groups is 1. The molecule has 1 fully saturated rings. The Hall–Kier alpha value is -3.10. The summed E-state index contributed by atoms with van der Waals surface area (Å²) >= 11 is 0. The van der Waals surface area contributed by atoms with E-state index in [1.54, 1.807) is 37.2 Å². The van der Waals surface area contributed by atoms with Gasteiger partial charge in [-0.15, -0.1) is 12.4 Å². The summed E-state index contributed by atoms with van der Waals surface area (Å²) in [4.78, 5) is 13.2. The van der Waals surface area contributed by atoms with Gasteiger partial charge in [-0.25, -0.2) is 9.07 Å². The van der Waals surface area contributed by atoms with Gasteiger partial charge in [-0.3, -0.25) is 4.79 Å². The first-order chi connectivity index (χ1) is 16.1. The van der Waals surface area contributed by atoms with Gasteiger partial charge >= 0.3 is 0 Å².